The molecule has 7 nitrogen and oxygen atoms in total. The van der Waals surface area contributed by atoms with Crippen molar-refractivity contribution in [2.24, 2.45) is 0 Å². The Balaban J connectivity index is 1.29. The van der Waals surface area contributed by atoms with E-state index < -0.39 is 0 Å². The lowest BCUT2D eigenvalue weighted by Gasteiger charge is -2.41. The lowest BCUT2D eigenvalue weighted by molar-refractivity contribution is -0.134. The fourth-order valence-electron chi connectivity index (χ4n) is 5.21. The summed E-state index contributed by atoms with van der Waals surface area (Å²) in [7, 11) is 0. The zero-order valence-electron chi connectivity index (χ0n) is 18.5. The molecule has 1 aromatic heterocycles. The number of hydrogen-bond acceptors (Lipinski definition) is 6. The standard InChI is InChI=1S/C24H30ClN5O2/c1-16-2-7-21-22(16)23(27-15-26-21)29-8-10-30(11-9-29)24(32)20(14-28-12-19(31)13-28)17-3-5-18(25)6-4-17/h3-6,15-16,19-20,31H,2,7-14H2,1H3. The summed E-state index contributed by atoms with van der Waals surface area (Å²) in [5, 5.41) is 10.3. The van der Waals surface area contributed by atoms with Crippen LogP contribution in [0.15, 0.2) is 30.6 Å². The molecular weight excluding hydrogens is 426 g/mol. The molecule has 8 heteroatoms. The van der Waals surface area contributed by atoms with E-state index in [1.807, 2.05) is 29.2 Å². The molecule has 2 aliphatic heterocycles. The Morgan fingerprint density at radius 2 is 1.88 bits per heavy atom. The highest BCUT2D eigenvalue weighted by atomic mass is 35.5. The molecule has 0 bridgehead atoms. The van der Waals surface area contributed by atoms with Crippen molar-refractivity contribution in [1.29, 1.82) is 0 Å². The summed E-state index contributed by atoms with van der Waals surface area (Å²) in [4.78, 5) is 29.1. The van der Waals surface area contributed by atoms with E-state index in [4.69, 9.17) is 11.6 Å². The first-order valence-corrected chi connectivity index (χ1v) is 11.9. The number of aliphatic hydroxyl groups excluding tert-OH is 1. The van der Waals surface area contributed by atoms with Crippen LogP contribution >= 0.6 is 11.6 Å². The van der Waals surface area contributed by atoms with Crippen LogP contribution in [0.3, 0.4) is 0 Å². The van der Waals surface area contributed by atoms with E-state index in [0.29, 0.717) is 43.7 Å². The quantitative estimate of drug-likeness (QED) is 0.745. The number of hydrogen-bond donors (Lipinski definition) is 1. The molecule has 1 amide bonds. The third-order valence-corrected chi connectivity index (χ3v) is 7.34. The molecule has 1 N–H and O–H groups in total. The van der Waals surface area contributed by atoms with E-state index in [-0.39, 0.29) is 17.9 Å². The number of benzene rings is 1. The molecule has 5 rings (SSSR count). The third kappa shape index (κ3) is 4.21. The van der Waals surface area contributed by atoms with Crippen molar-refractivity contribution in [3.63, 3.8) is 0 Å². The van der Waals surface area contributed by atoms with Crippen molar-refractivity contribution < 1.29 is 9.90 Å². The highest BCUT2D eigenvalue weighted by Crippen LogP contribution is 2.37. The first-order valence-electron chi connectivity index (χ1n) is 11.5. The second-order valence-electron chi connectivity index (χ2n) is 9.29. The summed E-state index contributed by atoms with van der Waals surface area (Å²) in [5.74, 6) is 1.43. The highest BCUT2D eigenvalue weighted by Gasteiger charge is 2.35. The maximum Gasteiger partial charge on any atom is 0.231 e. The van der Waals surface area contributed by atoms with Crippen LogP contribution in [-0.4, -0.2) is 82.7 Å². The number of β-amino-alcohol motifs (C(OH)–C–C–N with tert-alkyl or cyclic N) is 1. The minimum Gasteiger partial charge on any atom is -0.390 e. The Bertz CT molecular complexity index is 971. The smallest absolute Gasteiger partial charge is 0.231 e. The molecule has 2 saturated heterocycles. The Morgan fingerprint density at radius 1 is 1.16 bits per heavy atom. The van der Waals surface area contributed by atoms with Gasteiger partial charge < -0.3 is 14.9 Å². The zero-order chi connectivity index (χ0) is 22.2. The molecule has 0 radical (unpaired) electrons. The molecule has 2 unspecified atom stereocenters. The van der Waals surface area contributed by atoms with Crippen LogP contribution in [0.1, 0.15) is 42.0 Å². The summed E-state index contributed by atoms with van der Waals surface area (Å²) < 4.78 is 0. The maximum absolute atomic E-state index is 13.6. The number of aryl methyl sites for hydroxylation is 1. The topological polar surface area (TPSA) is 72.8 Å². The normalized spacial score (nSPS) is 22.5. The molecule has 1 aliphatic carbocycles. The number of carbonyl (C=O) groups is 1. The lowest BCUT2D eigenvalue weighted by Crippen LogP contribution is -2.55. The predicted molar refractivity (Wildman–Crippen MR) is 124 cm³/mol. The second kappa shape index (κ2) is 8.96. The molecule has 2 aromatic rings. The number of aliphatic hydroxyl groups is 1. The molecule has 3 heterocycles. The molecule has 1 aromatic carbocycles. The van der Waals surface area contributed by atoms with Crippen molar-refractivity contribution in [2.45, 2.75) is 37.7 Å². The van der Waals surface area contributed by atoms with Gasteiger partial charge in [-0.15, -0.1) is 0 Å². The molecule has 0 spiro atoms. The number of rotatable bonds is 5. The Morgan fingerprint density at radius 3 is 2.56 bits per heavy atom. The van der Waals surface area contributed by atoms with E-state index in [9.17, 15) is 9.90 Å². The summed E-state index contributed by atoms with van der Waals surface area (Å²) in [5.41, 5.74) is 3.45. The molecule has 32 heavy (non-hydrogen) atoms. The minimum atomic E-state index is -0.281. The van der Waals surface area contributed by atoms with Crippen molar-refractivity contribution in [2.75, 3.05) is 50.7 Å². The van der Waals surface area contributed by atoms with Gasteiger partial charge in [0.15, 0.2) is 0 Å². The number of aromatic nitrogens is 2. The maximum atomic E-state index is 13.6. The van der Waals surface area contributed by atoms with Gasteiger partial charge in [0.1, 0.15) is 12.1 Å². The fraction of sp³-hybridized carbons (Fsp3) is 0.542. The first kappa shape index (κ1) is 21.6. The average Bonchev–Trinajstić information content (AvgIpc) is 3.17. The lowest BCUT2D eigenvalue weighted by atomic mass is 9.95. The number of amides is 1. The highest BCUT2D eigenvalue weighted by molar-refractivity contribution is 6.30. The Kier molecular flexibility index (Phi) is 6.05. The van der Waals surface area contributed by atoms with Crippen LogP contribution in [0.5, 0.6) is 0 Å². The van der Waals surface area contributed by atoms with Gasteiger partial charge in [0.05, 0.1) is 12.0 Å². The summed E-state index contributed by atoms with van der Waals surface area (Å²) in [6.45, 7) is 7.04. The van der Waals surface area contributed by atoms with Crippen LogP contribution < -0.4 is 4.90 Å². The number of piperazine rings is 1. The summed E-state index contributed by atoms with van der Waals surface area (Å²) in [6.07, 6.45) is 3.56. The molecule has 170 valence electrons. The van der Waals surface area contributed by atoms with Gasteiger partial charge in [0.25, 0.3) is 0 Å². The van der Waals surface area contributed by atoms with Crippen molar-refractivity contribution >= 4 is 23.3 Å². The largest absolute Gasteiger partial charge is 0.390 e. The van der Waals surface area contributed by atoms with Gasteiger partial charge in [-0.25, -0.2) is 9.97 Å². The van der Waals surface area contributed by atoms with Crippen LogP contribution in [0.25, 0.3) is 0 Å². The van der Waals surface area contributed by atoms with Crippen LogP contribution in [0.4, 0.5) is 5.82 Å². The SMILES string of the molecule is CC1CCc2ncnc(N3CCN(C(=O)C(CN4CC(O)C4)c4ccc(Cl)cc4)CC3)c21. The number of nitrogens with zero attached hydrogens (tertiary/aromatic N) is 5. The van der Waals surface area contributed by atoms with Gasteiger partial charge in [-0.3, -0.25) is 9.69 Å². The van der Waals surface area contributed by atoms with Gasteiger partial charge in [-0.2, -0.15) is 0 Å². The van der Waals surface area contributed by atoms with E-state index in [1.165, 1.54) is 11.3 Å². The zero-order valence-corrected chi connectivity index (χ0v) is 19.2. The number of carbonyl (C=O) groups excluding carboxylic acids is 1. The van der Waals surface area contributed by atoms with Crippen LogP contribution in [0, 0.1) is 0 Å². The van der Waals surface area contributed by atoms with Crippen molar-refractivity contribution in [3.05, 3.63) is 52.4 Å². The van der Waals surface area contributed by atoms with E-state index >= 15 is 0 Å². The minimum absolute atomic E-state index is 0.148. The van der Waals surface area contributed by atoms with Crippen LogP contribution in [-0.2, 0) is 11.2 Å². The molecule has 2 fully saturated rings. The van der Waals surface area contributed by atoms with E-state index in [2.05, 4.69) is 26.7 Å². The molecule has 0 saturated carbocycles. The first-order chi connectivity index (χ1) is 15.5. The monoisotopic (exact) mass is 455 g/mol. The van der Waals surface area contributed by atoms with Gasteiger partial charge in [-0.1, -0.05) is 30.7 Å². The van der Waals surface area contributed by atoms with Crippen molar-refractivity contribution in [3.8, 4) is 0 Å². The third-order valence-electron chi connectivity index (χ3n) is 7.09. The Labute approximate surface area is 194 Å². The number of fused-ring (bicyclic) bond motifs is 1. The summed E-state index contributed by atoms with van der Waals surface area (Å²) >= 11 is 6.08. The molecule has 2 atom stereocenters. The number of anilines is 1. The van der Waals surface area contributed by atoms with Crippen molar-refractivity contribution in [1.82, 2.24) is 19.8 Å². The van der Waals surface area contributed by atoms with Gasteiger partial charge >= 0.3 is 0 Å². The van der Waals surface area contributed by atoms with E-state index in [1.54, 1.807) is 6.33 Å². The summed E-state index contributed by atoms with van der Waals surface area (Å²) in [6, 6.07) is 7.58. The Hall–Kier alpha value is -2.22. The van der Waals surface area contributed by atoms with Crippen LogP contribution in [0.2, 0.25) is 5.02 Å². The molecular formula is C24H30ClN5O2. The van der Waals surface area contributed by atoms with Gasteiger partial charge in [0.2, 0.25) is 5.91 Å². The number of halogens is 1. The fourth-order valence-corrected chi connectivity index (χ4v) is 5.33. The second-order valence-corrected chi connectivity index (χ2v) is 9.72. The number of likely N-dealkylation sites (tertiary alicyclic amines) is 1. The van der Waals surface area contributed by atoms with Gasteiger partial charge in [-0.05, 0) is 36.5 Å². The average molecular weight is 456 g/mol. The van der Waals surface area contributed by atoms with E-state index in [0.717, 1.165) is 37.3 Å². The molecule has 3 aliphatic rings. The van der Waals surface area contributed by atoms with Gasteiger partial charge in [0, 0.05) is 62.1 Å². The predicted octanol–water partition coefficient (Wildman–Crippen LogP) is 2.29.